The molecule has 0 aromatic heterocycles. The maximum Gasteiger partial charge on any atom is 0.232 e. The van der Waals surface area contributed by atoms with E-state index in [-0.39, 0.29) is 11.4 Å². The normalized spacial score (nSPS) is 18.9. The van der Waals surface area contributed by atoms with Crippen molar-refractivity contribution in [2.45, 2.75) is 19.4 Å². The summed E-state index contributed by atoms with van der Waals surface area (Å²) in [5, 5.41) is 0. The van der Waals surface area contributed by atoms with Crippen molar-refractivity contribution in [2.75, 3.05) is 44.7 Å². The van der Waals surface area contributed by atoms with E-state index in [4.69, 9.17) is 5.73 Å². The Morgan fingerprint density at radius 2 is 1.88 bits per heavy atom. The van der Waals surface area contributed by atoms with E-state index in [1.165, 1.54) is 0 Å². The average Bonchev–Trinajstić information content (AvgIpc) is 2.16. The van der Waals surface area contributed by atoms with Gasteiger partial charge in [-0.1, -0.05) is 0 Å². The van der Waals surface area contributed by atoms with Gasteiger partial charge in [-0.3, -0.25) is 4.79 Å². The highest BCUT2D eigenvalue weighted by molar-refractivity contribution is 8.00. The van der Waals surface area contributed by atoms with Gasteiger partial charge in [0.25, 0.3) is 0 Å². The summed E-state index contributed by atoms with van der Waals surface area (Å²) >= 11 is 1.63. The van der Waals surface area contributed by atoms with Crippen molar-refractivity contribution in [1.82, 2.24) is 9.80 Å². The molecule has 4 nitrogen and oxygen atoms in total. The van der Waals surface area contributed by atoms with Crippen LogP contribution in [-0.4, -0.2) is 66.0 Å². The number of hydrogen-bond donors (Lipinski definition) is 1. The summed E-state index contributed by atoms with van der Waals surface area (Å²) in [7, 11) is 2.09. The van der Waals surface area contributed by atoms with Gasteiger partial charge in [0.05, 0.1) is 5.75 Å². The Kier molecular flexibility index (Phi) is 5.08. The zero-order valence-corrected chi connectivity index (χ0v) is 11.3. The number of carbonyl (C=O) groups is 1. The predicted molar refractivity (Wildman–Crippen MR) is 69.7 cm³/mol. The van der Waals surface area contributed by atoms with Crippen LogP contribution in [-0.2, 0) is 4.79 Å². The Labute approximate surface area is 103 Å². The highest BCUT2D eigenvalue weighted by atomic mass is 32.2. The standard InChI is InChI=1S/C11H23N3OS/c1-11(2,12)9-16-8-10(15)14-6-4-13(3)5-7-14/h4-9,12H2,1-3H3. The zero-order valence-electron chi connectivity index (χ0n) is 10.5. The Morgan fingerprint density at radius 3 is 2.38 bits per heavy atom. The molecule has 1 amide bonds. The number of amides is 1. The van der Waals surface area contributed by atoms with Crippen molar-refractivity contribution in [2.24, 2.45) is 5.73 Å². The first-order valence-electron chi connectivity index (χ1n) is 5.71. The lowest BCUT2D eigenvalue weighted by atomic mass is 10.1. The lowest BCUT2D eigenvalue weighted by Gasteiger charge is -2.32. The van der Waals surface area contributed by atoms with Crippen molar-refractivity contribution >= 4 is 17.7 Å². The van der Waals surface area contributed by atoms with Crippen LogP contribution in [0.4, 0.5) is 0 Å². The first-order valence-corrected chi connectivity index (χ1v) is 6.87. The van der Waals surface area contributed by atoms with Crippen LogP contribution in [0.25, 0.3) is 0 Å². The molecule has 16 heavy (non-hydrogen) atoms. The number of thioether (sulfide) groups is 1. The Morgan fingerprint density at radius 1 is 1.31 bits per heavy atom. The molecular formula is C11H23N3OS. The van der Waals surface area contributed by atoms with Crippen LogP contribution in [0.3, 0.4) is 0 Å². The van der Waals surface area contributed by atoms with Crippen LogP contribution in [0.2, 0.25) is 0 Å². The molecule has 1 rings (SSSR count). The van der Waals surface area contributed by atoms with E-state index in [0.717, 1.165) is 31.9 Å². The van der Waals surface area contributed by atoms with Gasteiger partial charge < -0.3 is 15.5 Å². The number of nitrogens with two attached hydrogens (primary N) is 1. The minimum atomic E-state index is -0.187. The van der Waals surface area contributed by atoms with Gasteiger partial charge in [-0.2, -0.15) is 11.8 Å². The van der Waals surface area contributed by atoms with Crippen molar-refractivity contribution in [3.05, 3.63) is 0 Å². The number of piperazine rings is 1. The highest BCUT2D eigenvalue weighted by Gasteiger charge is 2.19. The van der Waals surface area contributed by atoms with Crippen molar-refractivity contribution in [3.8, 4) is 0 Å². The van der Waals surface area contributed by atoms with E-state index in [1.807, 2.05) is 18.7 Å². The van der Waals surface area contributed by atoms with Gasteiger partial charge in [0, 0.05) is 37.5 Å². The molecule has 1 fully saturated rings. The molecule has 0 atom stereocenters. The van der Waals surface area contributed by atoms with Gasteiger partial charge in [0.2, 0.25) is 5.91 Å². The first-order chi connectivity index (χ1) is 7.38. The molecule has 0 saturated carbocycles. The van der Waals surface area contributed by atoms with Crippen LogP contribution >= 0.6 is 11.8 Å². The monoisotopic (exact) mass is 245 g/mol. The van der Waals surface area contributed by atoms with Crippen molar-refractivity contribution < 1.29 is 4.79 Å². The van der Waals surface area contributed by atoms with Gasteiger partial charge in [-0.05, 0) is 20.9 Å². The third-order valence-electron chi connectivity index (χ3n) is 2.56. The zero-order chi connectivity index (χ0) is 12.2. The second-order valence-corrected chi connectivity index (χ2v) is 6.15. The molecule has 0 unspecified atom stereocenters. The molecule has 0 radical (unpaired) electrons. The van der Waals surface area contributed by atoms with Crippen LogP contribution < -0.4 is 5.73 Å². The Hall–Kier alpha value is -0.260. The summed E-state index contributed by atoms with van der Waals surface area (Å²) in [6.45, 7) is 7.67. The number of hydrogen-bond acceptors (Lipinski definition) is 4. The van der Waals surface area contributed by atoms with E-state index in [0.29, 0.717) is 5.75 Å². The summed E-state index contributed by atoms with van der Waals surface area (Å²) in [5.74, 6) is 1.64. The maximum atomic E-state index is 11.8. The molecular weight excluding hydrogens is 222 g/mol. The highest BCUT2D eigenvalue weighted by Crippen LogP contribution is 2.11. The molecule has 0 bridgehead atoms. The molecule has 1 aliphatic rings. The summed E-state index contributed by atoms with van der Waals surface area (Å²) in [6.07, 6.45) is 0. The van der Waals surface area contributed by atoms with Gasteiger partial charge in [-0.15, -0.1) is 0 Å². The van der Waals surface area contributed by atoms with Crippen LogP contribution in [0.15, 0.2) is 0 Å². The Bertz CT molecular complexity index is 232. The smallest absolute Gasteiger partial charge is 0.232 e. The predicted octanol–water partition coefficient (Wildman–Crippen LogP) is 0.231. The van der Waals surface area contributed by atoms with Crippen LogP contribution in [0, 0.1) is 0 Å². The fourth-order valence-corrected chi connectivity index (χ4v) is 2.53. The van der Waals surface area contributed by atoms with Gasteiger partial charge in [0.1, 0.15) is 0 Å². The van der Waals surface area contributed by atoms with E-state index in [2.05, 4.69) is 11.9 Å². The lowest BCUT2D eigenvalue weighted by molar-refractivity contribution is -0.129. The minimum absolute atomic E-state index is 0.187. The molecule has 5 heteroatoms. The van der Waals surface area contributed by atoms with Crippen LogP contribution in [0.5, 0.6) is 0 Å². The van der Waals surface area contributed by atoms with Crippen molar-refractivity contribution in [1.29, 1.82) is 0 Å². The molecule has 94 valence electrons. The average molecular weight is 245 g/mol. The molecule has 1 heterocycles. The number of carbonyl (C=O) groups excluding carboxylic acids is 1. The quantitative estimate of drug-likeness (QED) is 0.770. The van der Waals surface area contributed by atoms with Gasteiger partial charge in [-0.25, -0.2) is 0 Å². The fraction of sp³-hybridized carbons (Fsp3) is 0.909. The largest absolute Gasteiger partial charge is 0.339 e. The molecule has 0 aromatic carbocycles. The van der Waals surface area contributed by atoms with Gasteiger partial charge >= 0.3 is 0 Å². The minimum Gasteiger partial charge on any atom is -0.339 e. The molecule has 1 saturated heterocycles. The molecule has 0 spiro atoms. The molecule has 1 aliphatic heterocycles. The maximum absolute atomic E-state index is 11.8. The van der Waals surface area contributed by atoms with E-state index in [1.54, 1.807) is 11.8 Å². The topological polar surface area (TPSA) is 49.6 Å². The molecule has 2 N–H and O–H groups in total. The number of rotatable bonds is 4. The molecule has 0 aromatic rings. The van der Waals surface area contributed by atoms with E-state index >= 15 is 0 Å². The third-order valence-corrected chi connectivity index (χ3v) is 3.95. The number of nitrogens with zero attached hydrogens (tertiary/aromatic N) is 2. The second-order valence-electron chi connectivity index (χ2n) is 5.17. The van der Waals surface area contributed by atoms with Crippen LogP contribution in [0.1, 0.15) is 13.8 Å². The summed E-state index contributed by atoms with van der Waals surface area (Å²) in [4.78, 5) is 16.0. The first kappa shape index (κ1) is 13.8. The lowest BCUT2D eigenvalue weighted by Crippen LogP contribution is -2.48. The number of likely N-dealkylation sites (N-methyl/N-ethyl adjacent to an activating group) is 1. The second kappa shape index (κ2) is 5.89. The fourth-order valence-electron chi connectivity index (χ4n) is 1.55. The third kappa shape index (κ3) is 5.18. The SMILES string of the molecule is CN1CCN(C(=O)CSCC(C)(C)N)CC1. The van der Waals surface area contributed by atoms with Gasteiger partial charge in [0.15, 0.2) is 0 Å². The molecule has 0 aliphatic carbocycles. The van der Waals surface area contributed by atoms with Crippen molar-refractivity contribution in [3.63, 3.8) is 0 Å². The van der Waals surface area contributed by atoms with E-state index in [9.17, 15) is 4.79 Å². The summed E-state index contributed by atoms with van der Waals surface area (Å²) in [5.41, 5.74) is 5.68. The summed E-state index contributed by atoms with van der Waals surface area (Å²) in [6, 6.07) is 0. The Balaban J connectivity index is 2.20. The van der Waals surface area contributed by atoms with E-state index < -0.39 is 0 Å². The summed E-state index contributed by atoms with van der Waals surface area (Å²) < 4.78 is 0.